The van der Waals surface area contributed by atoms with Crippen LogP contribution in [0.25, 0.3) is 0 Å². The first-order valence-corrected chi connectivity index (χ1v) is 5.16. The van der Waals surface area contributed by atoms with Gasteiger partial charge in [-0.3, -0.25) is 4.57 Å². The molecular weight excluding hydrogens is 194 g/mol. The van der Waals surface area contributed by atoms with E-state index in [0.29, 0.717) is 0 Å². The second-order valence-corrected chi connectivity index (χ2v) is 3.82. The molecule has 15 heavy (non-hydrogen) atoms. The second kappa shape index (κ2) is 4.44. The quantitative estimate of drug-likeness (QED) is 0.751. The summed E-state index contributed by atoms with van der Waals surface area (Å²) in [7, 11) is 0. The lowest BCUT2D eigenvalue weighted by atomic mass is 10.0. The molecule has 0 bridgehead atoms. The number of amides is 1. The average molecular weight is 209 g/mol. The molecule has 1 aromatic rings. The van der Waals surface area contributed by atoms with Gasteiger partial charge in [0.2, 0.25) is 0 Å². The van der Waals surface area contributed by atoms with Crippen LogP contribution in [0, 0.1) is 0 Å². The summed E-state index contributed by atoms with van der Waals surface area (Å²) < 4.78 is 6.85. The largest absolute Gasteiger partial charge is 0.378 e. The van der Waals surface area contributed by atoms with Crippen molar-refractivity contribution in [2.75, 3.05) is 6.61 Å². The maximum Gasteiger partial charge on any atom is 0.327 e. The number of aromatic nitrogens is 2. The Bertz CT molecular complexity index is 323. The van der Waals surface area contributed by atoms with Crippen LogP contribution in [0.1, 0.15) is 19.8 Å². The van der Waals surface area contributed by atoms with E-state index in [1.807, 2.05) is 6.92 Å². The SMILES string of the molecule is CC1CC(NC(=O)n2ccnc2)CCO1. The van der Waals surface area contributed by atoms with E-state index in [-0.39, 0.29) is 18.2 Å². The van der Waals surface area contributed by atoms with Crippen LogP contribution in [0.15, 0.2) is 18.7 Å². The van der Waals surface area contributed by atoms with Crippen LogP contribution in [-0.2, 0) is 4.74 Å². The van der Waals surface area contributed by atoms with E-state index in [9.17, 15) is 4.79 Å². The van der Waals surface area contributed by atoms with Gasteiger partial charge in [0.05, 0.1) is 6.10 Å². The van der Waals surface area contributed by atoms with Gasteiger partial charge in [-0.15, -0.1) is 0 Å². The maximum atomic E-state index is 11.7. The van der Waals surface area contributed by atoms with Gasteiger partial charge >= 0.3 is 6.03 Å². The van der Waals surface area contributed by atoms with Crippen molar-refractivity contribution in [1.29, 1.82) is 0 Å². The van der Waals surface area contributed by atoms with Crippen LogP contribution in [0.3, 0.4) is 0 Å². The smallest absolute Gasteiger partial charge is 0.327 e. The molecule has 0 spiro atoms. The third-order valence-electron chi connectivity index (χ3n) is 2.55. The number of nitrogens with one attached hydrogen (secondary N) is 1. The van der Waals surface area contributed by atoms with Gasteiger partial charge in [-0.05, 0) is 19.8 Å². The molecule has 2 atom stereocenters. The number of carbonyl (C=O) groups is 1. The lowest BCUT2D eigenvalue weighted by Crippen LogP contribution is -2.42. The Morgan fingerprint density at radius 3 is 3.20 bits per heavy atom. The minimum Gasteiger partial charge on any atom is -0.378 e. The van der Waals surface area contributed by atoms with Crippen LogP contribution in [0.2, 0.25) is 0 Å². The third-order valence-corrected chi connectivity index (χ3v) is 2.55. The summed E-state index contributed by atoms with van der Waals surface area (Å²) in [5, 5.41) is 2.96. The molecule has 2 heterocycles. The standard InChI is InChI=1S/C10H15N3O2/c1-8-6-9(2-5-15-8)12-10(14)13-4-3-11-7-13/h3-4,7-9H,2,5-6H2,1H3,(H,12,14). The lowest BCUT2D eigenvalue weighted by molar-refractivity contribution is 0.0154. The number of rotatable bonds is 1. The predicted octanol–water partition coefficient (Wildman–Crippen LogP) is 1.01. The molecule has 1 fully saturated rings. The Balaban J connectivity index is 1.89. The fourth-order valence-electron chi connectivity index (χ4n) is 1.76. The molecule has 1 aliphatic heterocycles. The predicted molar refractivity (Wildman–Crippen MR) is 54.6 cm³/mol. The number of nitrogens with zero attached hydrogens (tertiary/aromatic N) is 2. The van der Waals surface area contributed by atoms with Gasteiger partial charge in [0.1, 0.15) is 6.33 Å². The van der Waals surface area contributed by atoms with E-state index in [4.69, 9.17) is 4.74 Å². The zero-order chi connectivity index (χ0) is 10.7. The van der Waals surface area contributed by atoms with E-state index in [2.05, 4.69) is 10.3 Å². The Labute approximate surface area is 88.4 Å². The normalized spacial score (nSPS) is 26.2. The van der Waals surface area contributed by atoms with E-state index in [1.165, 1.54) is 10.9 Å². The summed E-state index contributed by atoms with van der Waals surface area (Å²) in [6.45, 7) is 2.74. The van der Waals surface area contributed by atoms with Crippen LogP contribution in [0.5, 0.6) is 0 Å². The molecule has 5 heteroatoms. The molecule has 82 valence electrons. The van der Waals surface area contributed by atoms with Crippen molar-refractivity contribution in [3.8, 4) is 0 Å². The highest BCUT2D eigenvalue weighted by Crippen LogP contribution is 2.13. The van der Waals surface area contributed by atoms with Crippen molar-refractivity contribution < 1.29 is 9.53 Å². The van der Waals surface area contributed by atoms with E-state index in [1.54, 1.807) is 12.4 Å². The van der Waals surface area contributed by atoms with Gasteiger partial charge in [0.15, 0.2) is 0 Å². The summed E-state index contributed by atoms with van der Waals surface area (Å²) in [5.41, 5.74) is 0. The van der Waals surface area contributed by atoms with Gasteiger partial charge in [-0.25, -0.2) is 9.78 Å². The molecule has 0 saturated carbocycles. The monoisotopic (exact) mass is 209 g/mol. The number of carbonyl (C=O) groups excluding carboxylic acids is 1. The van der Waals surface area contributed by atoms with Crippen LogP contribution < -0.4 is 5.32 Å². The molecule has 0 aromatic carbocycles. The first-order valence-electron chi connectivity index (χ1n) is 5.16. The molecule has 1 amide bonds. The molecule has 2 unspecified atom stereocenters. The highest BCUT2D eigenvalue weighted by atomic mass is 16.5. The highest BCUT2D eigenvalue weighted by molar-refractivity contribution is 5.76. The fraction of sp³-hybridized carbons (Fsp3) is 0.600. The van der Waals surface area contributed by atoms with Crippen molar-refractivity contribution in [3.63, 3.8) is 0 Å². The third kappa shape index (κ3) is 2.56. The maximum absolute atomic E-state index is 11.7. The van der Waals surface area contributed by atoms with Crippen molar-refractivity contribution in [2.24, 2.45) is 0 Å². The summed E-state index contributed by atoms with van der Waals surface area (Å²) in [6.07, 6.45) is 6.71. The second-order valence-electron chi connectivity index (χ2n) is 3.82. The zero-order valence-corrected chi connectivity index (χ0v) is 8.72. The lowest BCUT2D eigenvalue weighted by Gasteiger charge is -2.27. The summed E-state index contributed by atoms with van der Waals surface area (Å²) in [6, 6.07) is 0.0928. The van der Waals surface area contributed by atoms with Crippen molar-refractivity contribution in [3.05, 3.63) is 18.7 Å². The topological polar surface area (TPSA) is 56.2 Å². The van der Waals surface area contributed by atoms with Crippen molar-refractivity contribution >= 4 is 6.03 Å². The van der Waals surface area contributed by atoms with Gasteiger partial charge in [-0.1, -0.05) is 0 Å². The van der Waals surface area contributed by atoms with Crippen molar-refractivity contribution in [2.45, 2.75) is 31.9 Å². The first kappa shape index (κ1) is 10.2. The molecule has 5 nitrogen and oxygen atoms in total. The fourth-order valence-corrected chi connectivity index (χ4v) is 1.76. The summed E-state index contributed by atoms with van der Waals surface area (Å²) >= 11 is 0. The minimum absolute atomic E-state index is 0.119. The molecule has 1 aliphatic rings. The number of hydrogen-bond donors (Lipinski definition) is 1. The van der Waals surface area contributed by atoms with Crippen LogP contribution >= 0.6 is 0 Å². The van der Waals surface area contributed by atoms with E-state index < -0.39 is 0 Å². The summed E-state index contributed by atoms with van der Waals surface area (Å²) in [4.78, 5) is 15.5. The van der Waals surface area contributed by atoms with Gasteiger partial charge < -0.3 is 10.1 Å². The minimum atomic E-state index is -0.119. The van der Waals surface area contributed by atoms with Gasteiger partial charge in [0.25, 0.3) is 0 Å². The van der Waals surface area contributed by atoms with Gasteiger partial charge in [-0.2, -0.15) is 0 Å². The molecule has 1 aromatic heterocycles. The van der Waals surface area contributed by atoms with Gasteiger partial charge in [0, 0.05) is 25.0 Å². The molecule has 2 rings (SSSR count). The molecule has 1 N–H and O–H groups in total. The number of ether oxygens (including phenoxy) is 1. The molecule has 0 radical (unpaired) electrons. The molecule has 1 saturated heterocycles. The number of hydrogen-bond acceptors (Lipinski definition) is 3. The Morgan fingerprint density at radius 1 is 1.67 bits per heavy atom. The molecular formula is C10H15N3O2. The van der Waals surface area contributed by atoms with Crippen molar-refractivity contribution in [1.82, 2.24) is 14.9 Å². The Morgan fingerprint density at radius 2 is 2.53 bits per heavy atom. The summed E-state index contributed by atoms with van der Waals surface area (Å²) in [5.74, 6) is 0. The van der Waals surface area contributed by atoms with E-state index in [0.717, 1.165) is 19.4 Å². The Kier molecular flexibility index (Phi) is 3.01. The highest BCUT2D eigenvalue weighted by Gasteiger charge is 2.21. The van der Waals surface area contributed by atoms with Crippen LogP contribution in [0.4, 0.5) is 4.79 Å². The van der Waals surface area contributed by atoms with Crippen LogP contribution in [-0.4, -0.2) is 34.3 Å². The molecule has 0 aliphatic carbocycles. The first-order chi connectivity index (χ1) is 7.25. The average Bonchev–Trinajstić information content (AvgIpc) is 2.70. The number of imidazole rings is 1. The Hall–Kier alpha value is -1.36. The zero-order valence-electron chi connectivity index (χ0n) is 8.72. The van der Waals surface area contributed by atoms with E-state index >= 15 is 0 Å².